The zero-order valence-electron chi connectivity index (χ0n) is 11.5. The lowest BCUT2D eigenvalue weighted by Crippen LogP contribution is -2.05. The molecule has 0 unspecified atom stereocenters. The van der Waals surface area contributed by atoms with Crippen LogP contribution in [0, 0.1) is 12.3 Å². The Kier molecular flexibility index (Phi) is 5.74. The molecule has 0 spiro atoms. The van der Waals surface area contributed by atoms with Crippen molar-refractivity contribution >= 4 is 5.78 Å². The van der Waals surface area contributed by atoms with E-state index in [-0.39, 0.29) is 5.78 Å². The fraction of sp³-hybridized carbons (Fsp3) is 0.400. The number of ether oxygens (including phenoxy) is 3. The summed E-state index contributed by atoms with van der Waals surface area (Å²) in [7, 11) is 4.54. The van der Waals surface area contributed by atoms with Gasteiger partial charge in [-0.1, -0.05) is 0 Å². The van der Waals surface area contributed by atoms with E-state index in [2.05, 4.69) is 5.92 Å². The number of methoxy groups -OCH3 is 3. The van der Waals surface area contributed by atoms with Gasteiger partial charge >= 0.3 is 0 Å². The molecule has 4 heteroatoms. The number of Topliss-reactive ketones (excluding diaryl/α,β-unsaturated/α-hetero) is 1. The SMILES string of the molecule is C#CCCCC(=O)c1ccc(OC)c(OC)c1OC. The highest BCUT2D eigenvalue weighted by molar-refractivity contribution is 5.99. The van der Waals surface area contributed by atoms with Gasteiger partial charge in [-0.2, -0.15) is 0 Å². The number of hydrogen-bond acceptors (Lipinski definition) is 4. The number of hydrogen-bond donors (Lipinski definition) is 0. The number of ketones is 1. The molecule has 0 N–H and O–H groups in total. The predicted molar refractivity (Wildman–Crippen MR) is 73.1 cm³/mol. The summed E-state index contributed by atoms with van der Waals surface area (Å²) in [5, 5.41) is 0. The summed E-state index contributed by atoms with van der Waals surface area (Å²) in [5.74, 6) is 3.84. The molecule has 0 heterocycles. The molecule has 0 atom stereocenters. The molecule has 1 aromatic carbocycles. The van der Waals surface area contributed by atoms with Gasteiger partial charge in [0.05, 0.1) is 26.9 Å². The highest BCUT2D eigenvalue weighted by atomic mass is 16.5. The molecule has 0 aliphatic heterocycles. The molecule has 0 saturated heterocycles. The molecule has 0 fully saturated rings. The molecule has 1 rings (SSSR count). The first kappa shape index (κ1) is 14.9. The van der Waals surface area contributed by atoms with Gasteiger partial charge in [-0.15, -0.1) is 12.3 Å². The van der Waals surface area contributed by atoms with Crippen molar-refractivity contribution in [3.05, 3.63) is 17.7 Å². The van der Waals surface area contributed by atoms with Crippen LogP contribution in [0.4, 0.5) is 0 Å². The Balaban J connectivity index is 3.07. The van der Waals surface area contributed by atoms with Crippen LogP contribution < -0.4 is 14.2 Å². The smallest absolute Gasteiger partial charge is 0.204 e. The quantitative estimate of drug-likeness (QED) is 0.430. The fourth-order valence-corrected chi connectivity index (χ4v) is 1.81. The molecular formula is C15H18O4. The summed E-state index contributed by atoms with van der Waals surface area (Å²) >= 11 is 0. The average molecular weight is 262 g/mol. The number of unbranched alkanes of at least 4 members (excludes halogenated alkanes) is 1. The average Bonchev–Trinajstić information content (AvgIpc) is 2.45. The van der Waals surface area contributed by atoms with Crippen LogP contribution in [0.3, 0.4) is 0 Å². The molecule has 0 aromatic heterocycles. The molecule has 0 saturated carbocycles. The van der Waals surface area contributed by atoms with Crippen molar-refractivity contribution in [2.24, 2.45) is 0 Å². The van der Waals surface area contributed by atoms with Crippen molar-refractivity contribution in [1.29, 1.82) is 0 Å². The Morgan fingerprint density at radius 3 is 2.37 bits per heavy atom. The largest absolute Gasteiger partial charge is 0.493 e. The van der Waals surface area contributed by atoms with E-state index in [1.165, 1.54) is 21.3 Å². The van der Waals surface area contributed by atoms with E-state index in [0.717, 1.165) is 0 Å². The maximum Gasteiger partial charge on any atom is 0.204 e. The minimum atomic E-state index is -0.0203. The van der Waals surface area contributed by atoms with Crippen LogP contribution in [0.5, 0.6) is 17.2 Å². The first-order valence-corrected chi connectivity index (χ1v) is 5.95. The van der Waals surface area contributed by atoms with Crippen molar-refractivity contribution in [2.75, 3.05) is 21.3 Å². The van der Waals surface area contributed by atoms with E-state index in [4.69, 9.17) is 20.6 Å². The Labute approximate surface area is 113 Å². The Hall–Kier alpha value is -2.15. The second-order valence-electron chi connectivity index (χ2n) is 3.86. The molecule has 0 bridgehead atoms. The molecule has 0 aliphatic rings. The second-order valence-corrected chi connectivity index (χ2v) is 3.86. The van der Waals surface area contributed by atoms with Crippen molar-refractivity contribution in [2.45, 2.75) is 19.3 Å². The van der Waals surface area contributed by atoms with Gasteiger partial charge in [0.1, 0.15) is 0 Å². The van der Waals surface area contributed by atoms with E-state index < -0.39 is 0 Å². The van der Waals surface area contributed by atoms with Gasteiger partial charge in [0.25, 0.3) is 0 Å². The minimum Gasteiger partial charge on any atom is -0.493 e. The third-order valence-corrected chi connectivity index (χ3v) is 2.73. The fourth-order valence-electron chi connectivity index (χ4n) is 1.81. The van der Waals surface area contributed by atoms with E-state index in [9.17, 15) is 4.79 Å². The lowest BCUT2D eigenvalue weighted by atomic mass is 10.0. The van der Waals surface area contributed by atoms with Gasteiger partial charge in [-0.3, -0.25) is 4.79 Å². The van der Waals surface area contributed by atoms with Gasteiger partial charge in [0.15, 0.2) is 17.3 Å². The van der Waals surface area contributed by atoms with E-state index >= 15 is 0 Å². The van der Waals surface area contributed by atoms with Gasteiger partial charge < -0.3 is 14.2 Å². The Bertz CT molecular complexity index is 486. The van der Waals surface area contributed by atoms with Crippen LogP contribution in [0.15, 0.2) is 12.1 Å². The Morgan fingerprint density at radius 2 is 1.84 bits per heavy atom. The van der Waals surface area contributed by atoms with Gasteiger partial charge in [0.2, 0.25) is 5.75 Å². The minimum absolute atomic E-state index is 0.0203. The number of carbonyl (C=O) groups excluding carboxylic acids is 1. The topological polar surface area (TPSA) is 44.8 Å². The number of rotatable bonds is 7. The highest BCUT2D eigenvalue weighted by Gasteiger charge is 2.19. The maximum atomic E-state index is 12.1. The highest BCUT2D eigenvalue weighted by Crippen LogP contribution is 2.40. The molecule has 1 aromatic rings. The van der Waals surface area contributed by atoms with Crippen LogP contribution in [-0.4, -0.2) is 27.1 Å². The van der Waals surface area contributed by atoms with Crippen molar-refractivity contribution in [3.8, 4) is 29.6 Å². The number of benzene rings is 1. The molecular weight excluding hydrogens is 244 g/mol. The second kappa shape index (κ2) is 7.32. The van der Waals surface area contributed by atoms with Crippen molar-refractivity contribution in [3.63, 3.8) is 0 Å². The Morgan fingerprint density at radius 1 is 1.16 bits per heavy atom. The molecule has 0 radical (unpaired) electrons. The third-order valence-electron chi connectivity index (χ3n) is 2.73. The lowest BCUT2D eigenvalue weighted by Gasteiger charge is -2.14. The normalized spacial score (nSPS) is 9.58. The van der Waals surface area contributed by atoms with Gasteiger partial charge in [0, 0.05) is 12.8 Å². The van der Waals surface area contributed by atoms with Crippen LogP contribution >= 0.6 is 0 Å². The van der Waals surface area contributed by atoms with Crippen LogP contribution in [0.25, 0.3) is 0 Å². The standard InChI is InChI=1S/C15H18O4/c1-5-6-7-8-12(16)11-9-10-13(17-2)15(19-4)14(11)18-3/h1,9-10H,6-8H2,2-4H3. The summed E-state index contributed by atoms with van der Waals surface area (Å²) in [5.41, 5.74) is 0.483. The summed E-state index contributed by atoms with van der Waals surface area (Å²) in [6.07, 6.45) is 6.80. The van der Waals surface area contributed by atoms with E-state index in [0.29, 0.717) is 42.1 Å². The summed E-state index contributed by atoms with van der Waals surface area (Å²) in [6, 6.07) is 3.37. The van der Waals surface area contributed by atoms with Crippen LogP contribution in [-0.2, 0) is 0 Å². The lowest BCUT2D eigenvalue weighted by molar-refractivity contribution is 0.0977. The third kappa shape index (κ3) is 3.41. The molecule has 0 aliphatic carbocycles. The van der Waals surface area contributed by atoms with E-state index in [1.807, 2.05) is 0 Å². The van der Waals surface area contributed by atoms with Gasteiger partial charge in [-0.25, -0.2) is 0 Å². The van der Waals surface area contributed by atoms with Crippen LogP contribution in [0.1, 0.15) is 29.6 Å². The summed E-state index contributed by atoms with van der Waals surface area (Å²) in [6.45, 7) is 0. The van der Waals surface area contributed by atoms with Gasteiger partial charge in [-0.05, 0) is 18.6 Å². The molecule has 0 amide bonds. The van der Waals surface area contributed by atoms with E-state index in [1.54, 1.807) is 12.1 Å². The molecule has 4 nitrogen and oxygen atoms in total. The van der Waals surface area contributed by atoms with Crippen molar-refractivity contribution < 1.29 is 19.0 Å². The zero-order chi connectivity index (χ0) is 14.3. The first-order chi connectivity index (χ1) is 9.19. The predicted octanol–water partition coefficient (Wildman–Crippen LogP) is 2.70. The van der Waals surface area contributed by atoms with Crippen LogP contribution in [0.2, 0.25) is 0 Å². The maximum absolute atomic E-state index is 12.1. The van der Waals surface area contributed by atoms with Crippen molar-refractivity contribution in [1.82, 2.24) is 0 Å². The number of terminal acetylenes is 1. The zero-order valence-corrected chi connectivity index (χ0v) is 11.5. The molecule has 102 valence electrons. The molecule has 19 heavy (non-hydrogen) atoms. The summed E-state index contributed by atoms with van der Waals surface area (Å²) < 4.78 is 15.7. The monoisotopic (exact) mass is 262 g/mol. The number of carbonyl (C=O) groups is 1. The first-order valence-electron chi connectivity index (χ1n) is 5.95. The summed E-state index contributed by atoms with van der Waals surface area (Å²) in [4.78, 5) is 12.1.